The van der Waals surface area contributed by atoms with Gasteiger partial charge in [0.2, 0.25) is 0 Å². The summed E-state index contributed by atoms with van der Waals surface area (Å²) in [6.07, 6.45) is 3.30. The molecule has 0 aliphatic rings. The number of pyridine rings is 1. The van der Waals surface area contributed by atoms with Gasteiger partial charge in [0.25, 0.3) is 5.69 Å². The number of aryl methyl sites for hydroxylation is 1. The van der Waals surface area contributed by atoms with Gasteiger partial charge in [0.1, 0.15) is 0 Å². The summed E-state index contributed by atoms with van der Waals surface area (Å²) in [5.74, 6) is 0. The lowest BCUT2D eigenvalue weighted by molar-refractivity contribution is -0.383. The van der Waals surface area contributed by atoms with Gasteiger partial charge in [-0.3, -0.25) is 15.1 Å². The molecule has 118 valence electrons. The molecule has 6 nitrogen and oxygen atoms in total. The van der Waals surface area contributed by atoms with Crippen LogP contribution >= 0.6 is 11.8 Å². The first-order valence-electron chi connectivity index (χ1n) is 7.15. The predicted molar refractivity (Wildman–Crippen MR) is 90.6 cm³/mol. The summed E-state index contributed by atoms with van der Waals surface area (Å²) < 4.78 is 0. The highest BCUT2D eigenvalue weighted by atomic mass is 32.2. The highest BCUT2D eigenvalue weighted by Crippen LogP contribution is 2.34. The standard InChI is InChI=1S/C14H10N4O2S.C2H6/c1-9-6-8-16-14(17-9)21-12-5-4-11(18(19)20)10-3-2-7-15-13(10)12;1-2/h2-8H,1H3;1-2H3. The zero-order chi connectivity index (χ0) is 16.8. The van der Waals surface area contributed by atoms with Crippen molar-refractivity contribution in [3.63, 3.8) is 0 Å². The van der Waals surface area contributed by atoms with Crippen LogP contribution in [0.2, 0.25) is 0 Å². The smallest absolute Gasteiger partial charge is 0.258 e. The van der Waals surface area contributed by atoms with Crippen molar-refractivity contribution in [2.45, 2.75) is 30.8 Å². The highest BCUT2D eigenvalue weighted by Gasteiger charge is 2.16. The van der Waals surface area contributed by atoms with Gasteiger partial charge in [0, 0.05) is 29.0 Å². The fraction of sp³-hybridized carbons (Fsp3) is 0.188. The molecule has 3 rings (SSSR count). The van der Waals surface area contributed by atoms with Crippen molar-refractivity contribution in [1.82, 2.24) is 15.0 Å². The van der Waals surface area contributed by atoms with Crippen LogP contribution in [0.25, 0.3) is 10.9 Å². The lowest BCUT2D eigenvalue weighted by atomic mass is 10.2. The minimum absolute atomic E-state index is 0.0487. The second-order valence-electron chi connectivity index (χ2n) is 4.32. The molecule has 0 bridgehead atoms. The molecule has 0 saturated carbocycles. The molecule has 0 spiro atoms. The number of hydrogen-bond acceptors (Lipinski definition) is 6. The zero-order valence-corrected chi connectivity index (χ0v) is 13.9. The van der Waals surface area contributed by atoms with E-state index in [0.717, 1.165) is 10.6 Å². The first-order valence-corrected chi connectivity index (χ1v) is 7.96. The lowest BCUT2D eigenvalue weighted by Crippen LogP contribution is -1.93. The summed E-state index contributed by atoms with van der Waals surface area (Å²) >= 11 is 1.34. The topological polar surface area (TPSA) is 81.8 Å². The molecule has 0 aliphatic heterocycles. The summed E-state index contributed by atoms with van der Waals surface area (Å²) in [4.78, 5) is 24.2. The molecule has 0 fully saturated rings. The van der Waals surface area contributed by atoms with Gasteiger partial charge in [-0.15, -0.1) is 0 Å². The molecule has 23 heavy (non-hydrogen) atoms. The van der Waals surface area contributed by atoms with E-state index in [4.69, 9.17) is 0 Å². The van der Waals surface area contributed by atoms with Crippen LogP contribution in [0.15, 0.2) is 52.8 Å². The Morgan fingerprint density at radius 3 is 2.57 bits per heavy atom. The Hall–Kier alpha value is -2.54. The molecule has 2 aromatic heterocycles. The van der Waals surface area contributed by atoms with E-state index in [9.17, 15) is 10.1 Å². The third kappa shape index (κ3) is 3.81. The number of hydrogen-bond donors (Lipinski definition) is 0. The number of non-ortho nitro benzene ring substituents is 1. The van der Waals surface area contributed by atoms with Crippen LogP contribution < -0.4 is 0 Å². The van der Waals surface area contributed by atoms with Crippen LogP contribution in [0.1, 0.15) is 19.5 Å². The van der Waals surface area contributed by atoms with E-state index in [1.807, 2.05) is 26.8 Å². The van der Waals surface area contributed by atoms with Gasteiger partial charge in [0.05, 0.1) is 15.8 Å². The molecular formula is C16H16N4O2S. The van der Waals surface area contributed by atoms with Gasteiger partial charge in [-0.2, -0.15) is 0 Å². The SMILES string of the molecule is CC.Cc1ccnc(Sc2ccc([N+](=O)[O-])c3cccnc23)n1. The van der Waals surface area contributed by atoms with Crippen molar-refractivity contribution >= 4 is 28.4 Å². The van der Waals surface area contributed by atoms with Gasteiger partial charge in [-0.05, 0) is 43.0 Å². The Morgan fingerprint density at radius 1 is 1.09 bits per heavy atom. The summed E-state index contributed by atoms with van der Waals surface area (Å²) in [5, 5.41) is 12.2. The monoisotopic (exact) mass is 328 g/mol. The Morgan fingerprint density at radius 2 is 1.87 bits per heavy atom. The summed E-state index contributed by atoms with van der Waals surface area (Å²) in [5.41, 5.74) is 1.50. The van der Waals surface area contributed by atoms with E-state index in [1.54, 1.807) is 30.6 Å². The fourth-order valence-corrected chi connectivity index (χ4v) is 2.84. The van der Waals surface area contributed by atoms with Gasteiger partial charge >= 0.3 is 0 Å². The van der Waals surface area contributed by atoms with Crippen molar-refractivity contribution in [3.8, 4) is 0 Å². The van der Waals surface area contributed by atoms with E-state index >= 15 is 0 Å². The molecule has 0 radical (unpaired) electrons. The molecule has 7 heteroatoms. The molecule has 0 amide bonds. The lowest BCUT2D eigenvalue weighted by Gasteiger charge is -2.05. The van der Waals surface area contributed by atoms with E-state index in [-0.39, 0.29) is 5.69 Å². The second kappa shape index (κ2) is 7.64. The number of fused-ring (bicyclic) bond motifs is 1. The quantitative estimate of drug-likeness (QED) is 0.402. The van der Waals surface area contributed by atoms with Crippen LogP contribution in [-0.4, -0.2) is 19.9 Å². The highest BCUT2D eigenvalue weighted by molar-refractivity contribution is 7.99. The van der Waals surface area contributed by atoms with E-state index in [2.05, 4.69) is 15.0 Å². The Bertz CT molecular complexity index is 839. The maximum absolute atomic E-state index is 11.1. The Labute approximate surface area is 138 Å². The molecule has 3 aromatic rings. The van der Waals surface area contributed by atoms with Crippen molar-refractivity contribution in [1.29, 1.82) is 0 Å². The number of rotatable bonds is 3. The normalized spacial score (nSPS) is 10.0. The molecule has 0 unspecified atom stereocenters. The maximum Gasteiger partial charge on any atom is 0.278 e. The van der Waals surface area contributed by atoms with E-state index in [0.29, 0.717) is 16.1 Å². The van der Waals surface area contributed by atoms with Crippen molar-refractivity contribution in [2.75, 3.05) is 0 Å². The van der Waals surface area contributed by atoms with E-state index < -0.39 is 4.92 Å². The van der Waals surface area contributed by atoms with Crippen molar-refractivity contribution < 1.29 is 4.92 Å². The van der Waals surface area contributed by atoms with Gasteiger partial charge in [0.15, 0.2) is 5.16 Å². The third-order valence-corrected chi connectivity index (χ3v) is 3.81. The van der Waals surface area contributed by atoms with Crippen LogP contribution in [0.5, 0.6) is 0 Å². The van der Waals surface area contributed by atoms with Gasteiger partial charge in [-0.25, -0.2) is 9.97 Å². The van der Waals surface area contributed by atoms with Gasteiger partial charge < -0.3 is 0 Å². The molecular weight excluding hydrogens is 312 g/mol. The molecule has 0 N–H and O–H groups in total. The van der Waals surface area contributed by atoms with Crippen LogP contribution in [0.3, 0.4) is 0 Å². The van der Waals surface area contributed by atoms with Crippen LogP contribution in [-0.2, 0) is 0 Å². The van der Waals surface area contributed by atoms with Crippen molar-refractivity contribution in [3.05, 3.63) is 58.5 Å². The van der Waals surface area contributed by atoms with Gasteiger partial charge in [-0.1, -0.05) is 13.8 Å². The molecule has 2 heterocycles. The largest absolute Gasteiger partial charge is 0.278 e. The average Bonchev–Trinajstić information content (AvgIpc) is 2.57. The number of nitro groups is 1. The first kappa shape index (κ1) is 16.8. The third-order valence-electron chi connectivity index (χ3n) is 2.88. The zero-order valence-electron chi connectivity index (χ0n) is 13.1. The summed E-state index contributed by atoms with van der Waals surface area (Å²) in [6.45, 7) is 5.89. The molecule has 0 saturated heterocycles. The molecule has 0 aliphatic carbocycles. The number of nitrogens with zero attached hydrogens (tertiary/aromatic N) is 4. The number of benzene rings is 1. The summed E-state index contributed by atoms with van der Waals surface area (Å²) in [6, 6.07) is 8.37. The first-order chi connectivity index (χ1) is 11.1. The van der Waals surface area contributed by atoms with Crippen LogP contribution in [0.4, 0.5) is 5.69 Å². The number of aromatic nitrogens is 3. The molecule has 1 aromatic carbocycles. The Balaban J connectivity index is 0.000000924. The number of nitro benzene ring substituents is 1. The average molecular weight is 328 g/mol. The summed E-state index contributed by atoms with van der Waals surface area (Å²) in [7, 11) is 0. The van der Waals surface area contributed by atoms with Crippen LogP contribution in [0, 0.1) is 17.0 Å². The minimum Gasteiger partial charge on any atom is -0.258 e. The predicted octanol–water partition coefficient (Wildman–Crippen LogP) is 4.42. The second-order valence-corrected chi connectivity index (χ2v) is 5.33. The maximum atomic E-state index is 11.1. The fourth-order valence-electron chi connectivity index (χ4n) is 1.95. The molecule has 0 atom stereocenters. The van der Waals surface area contributed by atoms with Crippen molar-refractivity contribution in [2.24, 2.45) is 0 Å². The minimum atomic E-state index is -0.401. The Kier molecular flexibility index (Phi) is 5.59. The van der Waals surface area contributed by atoms with E-state index in [1.165, 1.54) is 17.8 Å².